The molecule has 0 aromatic carbocycles. The van der Waals surface area contributed by atoms with Crippen LogP contribution in [-0.4, -0.2) is 59.0 Å². The van der Waals surface area contributed by atoms with E-state index in [1.54, 1.807) is 0 Å². The smallest absolute Gasteiger partial charge is 0.213 e. The molecule has 0 aromatic rings. The van der Waals surface area contributed by atoms with E-state index in [4.69, 9.17) is 4.74 Å². The second kappa shape index (κ2) is 14.9. The number of hydrogen-bond donors (Lipinski definition) is 3. The van der Waals surface area contributed by atoms with Gasteiger partial charge in [-0.05, 0) is 32.1 Å². The lowest BCUT2D eigenvalue weighted by atomic mass is 10.0. The third kappa shape index (κ3) is 11.6. The van der Waals surface area contributed by atoms with Gasteiger partial charge in [-0.1, -0.05) is 26.7 Å². The van der Waals surface area contributed by atoms with Crippen LogP contribution in [0.15, 0.2) is 4.99 Å². The fourth-order valence-electron chi connectivity index (χ4n) is 2.67. The molecule has 9 heteroatoms. The van der Waals surface area contributed by atoms with E-state index >= 15 is 0 Å². The van der Waals surface area contributed by atoms with Crippen molar-refractivity contribution in [3.63, 3.8) is 0 Å². The first-order chi connectivity index (χ1) is 12.0. The monoisotopic (exact) mass is 504 g/mol. The number of rotatable bonds is 11. The van der Waals surface area contributed by atoms with E-state index in [1.807, 2.05) is 6.92 Å². The van der Waals surface area contributed by atoms with Crippen LogP contribution in [0, 0.1) is 5.92 Å². The molecule has 0 aliphatic carbocycles. The van der Waals surface area contributed by atoms with Gasteiger partial charge in [-0.15, -0.1) is 24.0 Å². The molecule has 1 unspecified atom stereocenters. The standard InChI is InChI=1S/C17H36N4O3S.HI/c1-4-15(5-2)13-20-17(18-6-3)19-10-12-25(22,23)21-14-16-9-7-8-11-24-16;/h15-16,21H,4-14H2,1-3H3,(H2,18,19,20);1H. The number of sulfonamides is 1. The molecule has 7 nitrogen and oxygen atoms in total. The second-order valence-electron chi connectivity index (χ2n) is 6.48. The fraction of sp³-hybridized carbons (Fsp3) is 0.941. The molecule has 0 amide bonds. The van der Waals surface area contributed by atoms with Crippen LogP contribution in [0.1, 0.15) is 52.9 Å². The largest absolute Gasteiger partial charge is 0.377 e. The van der Waals surface area contributed by atoms with Crippen molar-refractivity contribution in [2.45, 2.75) is 59.0 Å². The van der Waals surface area contributed by atoms with Gasteiger partial charge in [0.15, 0.2) is 5.96 Å². The van der Waals surface area contributed by atoms with E-state index in [-0.39, 0.29) is 35.8 Å². The Morgan fingerprint density at radius 3 is 2.50 bits per heavy atom. The summed E-state index contributed by atoms with van der Waals surface area (Å²) in [4.78, 5) is 4.55. The molecule has 156 valence electrons. The summed E-state index contributed by atoms with van der Waals surface area (Å²) in [7, 11) is -3.31. The Hall–Kier alpha value is -0.130. The predicted molar refractivity (Wildman–Crippen MR) is 119 cm³/mol. The summed E-state index contributed by atoms with van der Waals surface area (Å²) in [5.74, 6) is 1.27. The number of guanidine groups is 1. The fourth-order valence-corrected chi connectivity index (χ4v) is 3.63. The highest BCUT2D eigenvalue weighted by molar-refractivity contribution is 14.0. The molecule has 0 aromatic heterocycles. The van der Waals surface area contributed by atoms with Crippen LogP contribution in [0.25, 0.3) is 0 Å². The molecule has 26 heavy (non-hydrogen) atoms. The molecule has 1 rings (SSSR count). The van der Waals surface area contributed by atoms with E-state index in [0.29, 0.717) is 25.0 Å². The van der Waals surface area contributed by atoms with Crippen molar-refractivity contribution in [2.75, 3.05) is 38.5 Å². The maximum atomic E-state index is 12.1. The molecule has 1 fully saturated rings. The topological polar surface area (TPSA) is 91.8 Å². The highest BCUT2D eigenvalue weighted by Crippen LogP contribution is 2.11. The van der Waals surface area contributed by atoms with Gasteiger partial charge >= 0.3 is 0 Å². The average Bonchev–Trinajstić information content (AvgIpc) is 2.61. The molecule has 1 saturated heterocycles. The van der Waals surface area contributed by atoms with Gasteiger partial charge in [-0.3, -0.25) is 4.99 Å². The number of halogens is 1. The van der Waals surface area contributed by atoms with Crippen LogP contribution in [0.3, 0.4) is 0 Å². The number of nitrogens with one attached hydrogen (secondary N) is 3. The molecule has 1 heterocycles. The van der Waals surface area contributed by atoms with E-state index in [2.05, 4.69) is 34.2 Å². The van der Waals surface area contributed by atoms with Gasteiger partial charge in [0.2, 0.25) is 10.0 Å². The lowest BCUT2D eigenvalue weighted by molar-refractivity contribution is 0.0200. The second-order valence-corrected chi connectivity index (χ2v) is 8.41. The predicted octanol–water partition coefficient (Wildman–Crippen LogP) is 2.08. The zero-order chi connectivity index (χ0) is 18.5. The highest BCUT2D eigenvalue weighted by atomic mass is 127. The maximum Gasteiger partial charge on any atom is 0.213 e. The first-order valence-corrected chi connectivity index (χ1v) is 11.3. The van der Waals surface area contributed by atoms with Crippen molar-refractivity contribution in [3.8, 4) is 0 Å². The third-order valence-electron chi connectivity index (χ3n) is 4.47. The van der Waals surface area contributed by atoms with Crippen LogP contribution in [0.4, 0.5) is 0 Å². The molecule has 1 aliphatic rings. The summed E-state index contributed by atoms with van der Waals surface area (Å²) in [5.41, 5.74) is 0. The van der Waals surface area contributed by atoms with Gasteiger partial charge < -0.3 is 15.4 Å². The maximum absolute atomic E-state index is 12.1. The van der Waals surface area contributed by atoms with E-state index in [0.717, 1.165) is 51.8 Å². The van der Waals surface area contributed by atoms with Crippen LogP contribution in [-0.2, 0) is 14.8 Å². The Morgan fingerprint density at radius 2 is 1.92 bits per heavy atom. The zero-order valence-electron chi connectivity index (χ0n) is 16.4. The average molecular weight is 504 g/mol. The lowest BCUT2D eigenvalue weighted by Crippen LogP contribution is -2.42. The van der Waals surface area contributed by atoms with Crippen LogP contribution >= 0.6 is 24.0 Å². The van der Waals surface area contributed by atoms with Gasteiger partial charge in [0.25, 0.3) is 0 Å². The van der Waals surface area contributed by atoms with Crippen molar-refractivity contribution >= 4 is 40.0 Å². The van der Waals surface area contributed by atoms with Gasteiger partial charge in [-0.25, -0.2) is 13.1 Å². The van der Waals surface area contributed by atoms with Crippen molar-refractivity contribution in [1.82, 2.24) is 15.4 Å². The molecule has 0 bridgehead atoms. The van der Waals surface area contributed by atoms with E-state index in [1.165, 1.54) is 0 Å². The molecule has 1 aliphatic heterocycles. The number of nitrogens with zero attached hydrogens (tertiary/aromatic N) is 1. The van der Waals surface area contributed by atoms with Crippen LogP contribution < -0.4 is 15.4 Å². The number of hydrogen-bond acceptors (Lipinski definition) is 4. The Morgan fingerprint density at radius 1 is 1.19 bits per heavy atom. The van der Waals surface area contributed by atoms with Gasteiger partial charge in [0.1, 0.15) is 0 Å². The third-order valence-corrected chi connectivity index (χ3v) is 5.82. The summed E-state index contributed by atoms with van der Waals surface area (Å²) in [6.45, 7) is 9.26. The molecular weight excluding hydrogens is 467 g/mol. The Bertz CT molecular complexity index is 478. The summed E-state index contributed by atoms with van der Waals surface area (Å²) in [6, 6.07) is 0. The van der Waals surface area contributed by atoms with E-state index < -0.39 is 10.0 Å². The van der Waals surface area contributed by atoms with Crippen LogP contribution in [0.2, 0.25) is 0 Å². The minimum Gasteiger partial charge on any atom is -0.377 e. The summed E-state index contributed by atoms with van der Waals surface area (Å²) in [6.07, 6.45) is 5.30. The first kappa shape index (κ1) is 25.9. The minimum atomic E-state index is -3.31. The normalized spacial score (nSPS) is 18.5. The summed E-state index contributed by atoms with van der Waals surface area (Å²) >= 11 is 0. The van der Waals surface area contributed by atoms with Crippen molar-refractivity contribution in [3.05, 3.63) is 0 Å². The molecule has 0 radical (unpaired) electrons. The van der Waals surface area contributed by atoms with E-state index in [9.17, 15) is 8.42 Å². The van der Waals surface area contributed by atoms with Crippen LogP contribution in [0.5, 0.6) is 0 Å². The first-order valence-electron chi connectivity index (χ1n) is 9.61. The van der Waals surface area contributed by atoms with Gasteiger partial charge in [0, 0.05) is 32.8 Å². The van der Waals surface area contributed by atoms with Gasteiger partial charge in [0.05, 0.1) is 11.9 Å². The van der Waals surface area contributed by atoms with Crippen molar-refractivity contribution < 1.29 is 13.2 Å². The molecular formula is C17H37IN4O3S. The molecule has 1 atom stereocenters. The minimum absolute atomic E-state index is 0. The Labute approximate surface area is 176 Å². The van der Waals surface area contributed by atoms with Gasteiger partial charge in [-0.2, -0.15) is 0 Å². The lowest BCUT2D eigenvalue weighted by Gasteiger charge is -2.22. The Balaban J connectivity index is 0.00000625. The number of ether oxygens (including phenoxy) is 1. The molecule has 0 saturated carbocycles. The highest BCUT2D eigenvalue weighted by Gasteiger charge is 2.17. The molecule has 3 N–H and O–H groups in total. The molecule has 0 spiro atoms. The Kier molecular flexibility index (Phi) is 14.8. The SMILES string of the molecule is CCNC(=NCC(CC)CC)NCCS(=O)(=O)NCC1CCCCO1.I. The van der Waals surface area contributed by atoms with Crippen molar-refractivity contribution in [2.24, 2.45) is 10.9 Å². The quantitative estimate of drug-likeness (QED) is 0.228. The summed E-state index contributed by atoms with van der Waals surface area (Å²) in [5, 5.41) is 6.27. The van der Waals surface area contributed by atoms with Crippen molar-refractivity contribution in [1.29, 1.82) is 0 Å². The number of aliphatic imine (C=N–C) groups is 1. The summed E-state index contributed by atoms with van der Waals surface area (Å²) < 4.78 is 32.4. The zero-order valence-corrected chi connectivity index (χ0v) is 19.6.